The molecule has 1 N–H and O–H groups in total. The summed E-state index contributed by atoms with van der Waals surface area (Å²) in [5.74, 6) is 1.65. The van der Waals surface area contributed by atoms with Crippen LogP contribution in [0.1, 0.15) is 23.4 Å². The van der Waals surface area contributed by atoms with E-state index in [0.717, 1.165) is 74.2 Å². The SMILES string of the molecule is Cc1cccc(N2CCN(CCCNc3ncnc4c3nc(C)n4-c3ccc(Cl)cc3)CC2)c1C. The van der Waals surface area contributed by atoms with Crippen molar-refractivity contribution >= 4 is 34.3 Å². The van der Waals surface area contributed by atoms with E-state index in [9.17, 15) is 0 Å². The van der Waals surface area contributed by atoms with Crippen molar-refractivity contribution in [3.63, 3.8) is 0 Å². The molecular weight excluding hydrogens is 458 g/mol. The average molecular weight is 490 g/mol. The minimum absolute atomic E-state index is 0.708. The molecule has 1 fully saturated rings. The Bertz CT molecular complexity index is 1310. The van der Waals surface area contributed by atoms with E-state index in [2.05, 4.69) is 57.1 Å². The number of halogens is 1. The molecular formula is C27H32ClN7. The van der Waals surface area contributed by atoms with Gasteiger partial charge in [0.1, 0.15) is 12.2 Å². The molecule has 3 heterocycles. The summed E-state index contributed by atoms with van der Waals surface area (Å²) in [6, 6.07) is 14.3. The van der Waals surface area contributed by atoms with Gasteiger partial charge in [0.25, 0.3) is 0 Å². The third-order valence-electron chi connectivity index (χ3n) is 6.93. The Hall–Kier alpha value is -3.16. The number of imidazole rings is 1. The third kappa shape index (κ3) is 4.97. The molecule has 7 nitrogen and oxygen atoms in total. The number of hydrogen-bond acceptors (Lipinski definition) is 6. The Morgan fingerprint density at radius 3 is 2.49 bits per heavy atom. The number of nitrogens with zero attached hydrogens (tertiary/aromatic N) is 6. The molecule has 2 aromatic heterocycles. The lowest BCUT2D eigenvalue weighted by Crippen LogP contribution is -2.47. The molecule has 182 valence electrons. The van der Waals surface area contributed by atoms with Gasteiger partial charge in [-0.05, 0) is 75.2 Å². The van der Waals surface area contributed by atoms with E-state index in [1.807, 2.05) is 35.8 Å². The highest BCUT2D eigenvalue weighted by Gasteiger charge is 2.19. The van der Waals surface area contributed by atoms with Crippen molar-refractivity contribution in [2.45, 2.75) is 27.2 Å². The molecule has 2 aromatic carbocycles. The zero-order valence-corrected chi connectivity index (χ0v) is 21.4. The fraction of sp³-hybridized carbons (Fsp3) is 0.370. The maximum absolute atomic E-state index is 6.06. The molecule has 0 atom stereocenters. The monoisotopic (exact) mass is 489 g/mol. The lowest BCUT2D eigenvalue weighted by molar-refractivity contribution is 0.257. The standard InChI is InChI=1S/C27H32ClN7/c1-19-6-4-7-24(20(19)2)34-16-14-33(15-17-34)13-5-12-29-26-25-27(31-18-30-26)35(21(3)32-25)23-10-8-22(28)9-11-23/h4,6-11,18H,5,12-17H2,1-3H3,(H,29,30,31). The van der Waals surface area contributed by atoms with Gasteiger partial charge < -0.3 is 10.2 Å². The molecule has 0 bridgehead atoms. The molecule has 0 unspecified atom stereocenters. The topological polar surface area (TPSA) is 62.1 Å². The molecule has 5 rings (SSSR count). The lowest BCUT2D eigenvalue weighted by atomic mass is 10.1. The average Bonchev–Trinajstić information content (AvgIpc) is 3.21. The summed E-state index contributed by atoms with van der Waals surface area (Å²) < 4.78 is 2.04. The summed E-state index contributed by atoms with van der Waals surface area (Å²) >= 11 is 6.06. The van der Waals surface area contributed by atoms with Crippen molar-refractivity contribution in [3.8, 4) is 5.69 Å². The van der Waals surface area contributed by atoms with Gasteiger partial charge in [-0.2, -0.15) is 0 Å². The van der Waals surface area contributed by atoms with Crippen LogP contribution >= 0.6 is 11.6 Å². The van der Waals surface area contributed by atoms with E-state index in [4.69, 9.17) is 16.6 Å². The van der Waals surface area contributed by atoms with Crippen molar-refractivity contribution in [1.82, 2.24) is 24.4 Å². The number of piperazine rings is 1. The van der Waals surface area contributed by atoms with Gasteiger partial charge in [-0.15, -0.1) is 0 Å². The first-order valence-corrected chi connectivity index (χ1v) is 12.6. The predicted molar refractivity (Wildman–Crippen MR) is 144 cm³/mol. The van der Waals surface area contributed by atoms with Crippen LogP contribution in [0.5, 0.6) is 0 Å². The summed E-state index contributed by atoms with van der Waals surface area (Å²) in [5.41, 5.74) is 6.72. The van der Waals surface area contributed by atoms with Crippen molar-refractivity contribution in [1.29, 1.82) is 0 Å². The van der Waals surface area contributed by atoms with Crippen LogP contribution in [0.25, 0.3) is 16.9 Å². The molecule has 4 aromatic rings. The minimum Gasteiger partial charge on any atom is -0.369 e. The molecule has 0 radical (unpaired) electrons. The van der Waals surface area contributed by atoms with Crippen LogP contribution in [0.15, 0.2) is 48.8 Å². The maximum atomic E-state index is 6.06. The summed E-state index contributed by atoms with van der Waals surface area (Å²) in [7, 11) is 0. The first-order chi connectivity index (χ1) is 17.0. The minimum atomic E-state index is 0.708. The van der Waals surface area contributed by atoms with Gasteiger partial charge in [0.2, 0.25) is 0 Å². The van der Waals surface area contributed by atoms with Crippen LogP contribution in [-0.4, -0.2) is 63.7 Å². The summed E-state index contributed by atoms with van der Waals surface area (Å²) in [5, 5.41) is 4.20. The Morgan fingerprint density at radius 2 is 1.71 bits per heavy atom. The van der Waals surface area contributed by atoms with Crippen LogP contribution in [0.3, 0.4) is 0 Å². The molecule has 0 spiro atoms. The van der Waals surface area contributed by atoms with Crippen molar-refractivity contribution in [3.05, 3.63) is 70.8 Å². The number of anilines is 2. The van der Waals surface area contributed by atoms with Crippen molar-refractivity contribution in [2.24, 2.45) is 0 Å². The molecule has 0 saturated carbocycles. The van der Waals surface area contributed by atoms with Gasteiger partial charge in [-0.3, -0.25) is 9.47 Å². The van der Waals surface area contributed by atoms with Crippen LogP contribution in [0, 0.1) is 20.8 Å². The largest absolute Gasteiger partial charge is 0.369 e. The Balaban J connectivity index is 1.17. The second kappa shape index (κ2) is 10.2. The van der Waals surface area contributed by atoms with Gasteiger partial charge in [0.15, 0.2) is 17.0 Å². The number of benzene rings is 2. The summed E-state index contributed by atoms with van der Waals surface area (Å²) in [4.78, 5) is 18.8. The Kier molecular flexibility index (Phi) is 6.88. The van der Waals surface area contributed by atoms with Gasteiger partial charge in [-0.25, -0.2) is 15.0 Å². The first kappa shape index (κ1) is 23.6. The molecule has 1 aliphatic heterocycles. The van der Waals surface area contributed by atoms with E-state index in [1.165, 1.54) is 16.8 Å². The van der Waals surface area contributed by atoms with Crippen LogP contribution in [-0.2, 0) is 0 Å². The van der Waals surface area contributed by atoms with Gasteiger partial charge in [0.05, 0.1) is 0 Å². The fourth-order valence-corrected chi connectivity index (χ4v) is 4.96. The highest BCUT2D eigenvalue weighted by atomic mass is 35.5. The quantitative estimate of drug-likeness (QED) is 0.368. The lowest BCUT2D eigenvalue weighted by Gasteiger charge is -2.37. The number of rotatable bonds is 7. The van der Waals surface area contributed by atoms with Gasteiger partial charge >= 0.3 is 0 Å². The highest BCUT2D eigenvalue weighted by Crippen LogP contribution is 2.25. The Morgan fingerprint density at radius 1 is 0.943 bits per heavy atom. The zero-order valence-electron chi connectivity index (χ0n) is 20.6. The van der Waals surface area contributed by atoms with Crippen LogP contribution in [0.2, 0.25) is 5.02 Å². The van der Waals surface area contributed by atoms with Crippen LogP contribution < -0.4 is 10.2 Å². The summed E-state index contributed by atoms with van der Waals surface area (Å²) in [6.07, 6.45) is 2.65. The Labute approximate surface area is 211 Å². The number of hydrogen-bond donors (Lipinski definition) is 1. The fourth-order valence-electron chi connectivity index (χ4n) is 4.83. The number of aryl methyl sites for hydroxylation is 2. The number of aromatic nitrogens is 4. The second-order valence-corrected chi connectivity index (χ2v) is 9.63. The van der Waals surface area contributed by atoms with E-state index < -0.39 is 0 Å². The van der Waals surface area contributed by atoms with E-state index in [-0.39, 0.29) is 0 Å². The first-order valence-electron chi connectivity index (χ1n) is 12.2. The van der Waals surface area contributed by atoms with E-state index >= 15 is 0 Å². The number of fused-ring (bicyclic) bond motifs is 1. The second-order valence-electron chi connectivity index (χ2n) is 9.19. The smallest absolute Gasteiger partial charge is 0.170 e. The van der Waals surface area contributed by atoms with Gasteiger partial charge in [0, 0.05) is 49.1 Å². The van der Waals surface area contributed by atoms with Crippen molar-refractivity contribution < 1.29 is 0 Å². The van der Waals surface area contributed by atoms with E-state index in [1.54, 1.807) is 6.33 Å². The normalized spacial score (nSPS) is 14.6. The van der Waals surface area contributed by atoms with Gasteiger partial charge in [-0.1, -0.05) is 23.7 Å². The maximum Gasteiger partial charge on any atom is 0.170 e. The van der Waals surface area contributed by atoms with E-state index in [0.29, 0.717) is 5.02 Å². The highest BCUT2D eigenvalue weighted by molar-refractivity contribution is 6.30. The van der Waals surface area contributed by atoms with Crippen molar-refractivity contribution in [2.75, 3.05) is 49.5 Å². The predicted octanol–water partition coefficient (Wildman–Crippen LogP) is 5.02. The zero-order chi connectivity index (χ0) is 24.4. The number of nitrogens with one attached hydrogen (secondary N) is 1. The molecule has 0 aliphatic carbocycles. The molecule has 1 aliphatic rings. The summed E-state index contributed by atoms with van der Waals surface area (Å²) in [6.45, 7) is 12.7. The third-order valence-corrected chi connectivity index (χ3v) is 7.18. The molecule has 8 heteroatoms. The molecule has 0 amide bonds. The van der Waals surface area contributed by atoms with Crippen LogP contribution in [0.4, 0.5) is 11.5 Å². The molecule has 1 saturated heterocycles. The molecule has 35 heavy (non-hydrogen) atoms.